The fraction of sp³-hybridized carbons (Fsp3) is 0.333. The Kier molecular flexibility index (Phi) is 7.42. The van der Waals surface area contributed by atoms with Crippen LogP contribution in [0.4, 0.5) is 0 Å². The number of hydrogen-bond acceptors (Lipinski definition) is 5. The number of nitrogens with zero attached hydrogens (tertiary/aromatic N) is 2. The molecule has 0 aliphatic carbocycles. The summed E-state index contributed by atoms with van der Waals surface area (Å²) in [6.45, 7) is 1.58. The number of amides is 1. The zero-order chi connectivity index (χ0) is 23.4. The minimum absolute atomic E-state index is 0.115. The van der Waals surface area contributed by atoms with Crippen molar-refractivity contribution in [2.24, 2.45) is 0 Å². The zero-order valence-corrected chi connectivity index (χ0v) is 19.9. The molecule has 174 valence electrons. The van der Waals surface area contributed by atoms with E-state index in [4.69, 9.17) is 37.4 Å². The number of ether oxygens (including phenoxy) is 3. The SMILES string of the molecule is COc1ccc(CNC(=O)c2cnn(C3CCOCC3)c2-c2ccc(Cl)cc2Cl)c(OC)c1. The number of hydrogen-bond donors (Lipinski definition) is 1. The smallest absolute Gasteiger partial charge is 0.255 e. The van der Waals surface area contributed by atoms with E-state index in [-0.39, 0.29) is 18.5 Å². The molecule has 0 unspecified atom stereocenters. The van der Waals surface area contributed by atoms with Crippen molar-refractivity contribution < 1.29 is 19.0 Å². The lowest BCUT2D eigenvalue weighted by molar-refractivity contribution is 0.0667. The lowest BCUT2D eigenvalue weighted by Crippen LogP contribution is -2.25. The molecule has 1 saturated heterocycles. The quantitative estimate of drug-likeness (QED) is 0.496. The van der Waals surface area contributed by atoms with Crippen LogP contribution in [0.3, 0.4) is 0 Å². The van der Waals surface area contributed by atoms with Crippen molar-refractivity contribution in [3.8, 4) is 22.8 Å². The molecule has 1 aliphatic rings. The molecule has 1 aromatic heterocycles. The summed E-state index contributed by atoms with van der Waals surface area (Å²) in [6.07, 6.45) is 3.21. The number of methoxy groups -OCH3 is 2. The number of aromatic nitrogens is 2. The third kappa shape index (κ3) is 5.11. The largest absolute Gasteiger partial charge is 0.497 e. The van der Waals surface area contributed by atoms with Gasteiger partial charge in [0, 0.05) is 42.0 Å². The van der Waals surface area contributed by atoms with Gasteiger partial charge in [-0.05, 0) is 43.2 Å². The number of carbonyl (C=O) groups is 1. The zero-order valence-electron chi connectivity index (χ0n) is 18.4. The molecule has 2 aromatic carbocycles. The summed E-state index contributed by atoms with van der Waals surface area (Å²) >= 11 is 12.7. The Labute approximate surface area is 202 Å². The molecule has 1 amide bonds. The molecular formula is C24H25Cl2N3O4. The third-order valence-electron chi connectivity index (χ3n) is 5.70. The highest BCUT2D eigenvalue weighted by Crippen LogP contribution is 2.36. The molecule has 2 heterocycles. The first kappa shape index (κ1) is 23.4. The van der Waals surface area contributed by atoms with Gasteiger partial charge in [-0.15, -0.1) is 0 Å². The Morgan fingerprint density at radius 1 is 1.15 bits per heavy atom. The molecule has 3 aromatic rings. The first-order valence-corrected chi connectivity index (χ1v) is 11.4. The molecule has 0 saturated carbocycles. The van der Waals surface area contributed by atoms with Crippen molar-refractivity contribution in [2.45, 2.75) is 25.4 Å². The van der Waals surface area contributed by atoms with E-state index in [9.17, 15) is 4.79 Å². The molecule has 33 heavy (non-hydrogen) atoms. The van der Waals surface area contributed by atoms with Crippen LogP contribution in [0, 0.1) is 0 Å². The first-order chi connectivity index (χ1) is 16.0. The van der Waals surface area contributed by atoms with Gasteiger partial charge >= 0.3 is 0 Å². The fourth-order valence-electron chi connectivity index (χ4n) is 3.95. The van der Waals surface area contributed by atoms with Crippen molar-refractivity contribution in [3.63, 3.8) is 0 Å². The number of carbonyl (C=O) groups excluding carboxylic acids is 1. The lowest BCUT2D eigenvalue weighted by atomic mass is 10.0. The average molecular weight is 490 g/mol. The predicted molar refractivity (Wildman–Crippen MR) is 127 cm³/mol. The van der Waals surface area contributed by atoms with E-state index in [0.29, 0.717) is 51.6 Å². The average Bonchev–Trinajstić information content (AvgIpc) is 3.28. The number of nitrogens with one attached hydrogen (secondary N) is 1. The molecule has 4 rings (SSSR count). The van der Waals surface area contributed by atoms with Crippen molar-refractivity contribution in [3.05, 3.63) is 63.8 Å². The van der Waals surface area contributed by atoms with Crippen LogP contribution < -0.4 is 14.8 Å². The summed E-state index contributed by atoms with van der Waals surface area (Å²) in [4.78, 5) is 13.3. The molecule has 0 atom stereocenters. The predicted octanol–water partition coefficient (Wildman–Crippen LogP) is 5.16. The van der Waals surface area contributed by atoms with Crippen LogP contribution in [-0.2, 0) is 11.3 Å². The van der Waals surface area contributed by atoms with Crippen molar-refractivity contribution in [2.75, 3.05) is 27.4 Å². The second-order valence-corrected chi connectivity index (χ2v) is 8.52. The molecule has 0 bridgehead atoms. The van der Waals surface area contributed by atoms with Crippen LogP contribution in [0.15, 0.2) is 42.6 Å². The van der Waals surface area contributed by atoms with Gasteiger partial charge < -0.3 is 19.5 Å². The second-order valence-electron chi connectivity index (χ2n) is 7.68. The van der Waals surface area contributed by atoms with E-state index in [1.165, 1.54) is 0 Å². The molecule has 9 heteroatoms. The van der Waals surface area contributed by atoms with E-state index < -0.39 is 0 Å². The molecule has 0 radical (unpaired) electrons. The maximum Gasteiger partial charge on any atom is 0.255 e. The van der Waals surface area contributed by atoms with E-state index in [2.05, 4.69) is 10.4 Å². The summed E-state index contributed by atoms with van der Waals surface area (Å²) in [5, 5.41) is 8.54. The van der Waals surface area contributed by atoms with Gasteiger partial charge in [-0.25, -0.2) is 0 Å². The highest BCUT2D eigenvalue weighted by atomic mass is 35.5. The van der Waals surface area contributed by atoms with E-state index in [1.54, 1.807) is 38.6 Å². The molecule has 7 nitrogen and oxygen atoms in total. The standard InChI is InChI=1S/C24H25Cl2N3O4/c1-31-18-5-3-15(22(12-18)32-2)13-27-24(30)20-14-28-29(17-7-9-33-10-8-17)23(20)19-6-4-16(25)11-21(19)26/h3-6,11-12,14,17H,7-10,13H2,1-2H3,(H,27,30). The van der Waals surface area contributed by atoms with E-state index in [0.717, 1.165) is 18.4 Å². The summed E-state index contributed by atoms with van der Waals surface area (Å²) in [5.41, 5.74) is 2.65. The summed E-state index contributed by atoms with van der Waals surface area (Å²) in [6, 6.07) is 10.8. The number of halogens is 2. The monoisotopic (exact) mass is 489 g/mol. The summed E-state index contributed by atoms with van der Waals surface area (Å²) in [7, 11) is 3.17. The van der Waals surface area contributed by atoms with Crippen molar-refractivity contribution in [1.29, 1.82) is 0 Å². The summed E-state index contributed by atoms with van der Waals surface area (Å²) < 4.78 is 18.1. The maximum absolute atomic E-state index is 13.3. The fourth-order valence-corrected chi connectivity index (χ4v) is 4.45. The van der Waals surface area contributed by atoms with Gasteiger partial charge in [0.1, 0.15) is 11.5 Å². The normalized spacial score (nSPS) is 14.2. The second kappa shape index (κ2) is 10.5. The van der Waals surface area contributed by atoms with Crippen LogP contribution in [-0.4, -0.2) is 43.1 Å². The van der Waals surface area contributed by atoms with Gasteiger partial charge in [0.2, 0.25) is 0 Å². The Morgan fingerprint density at radius 3 is 2.64 bits per heavy atom. The van der Waals surface area contributed by atoms with Crippen LogP contribution >= 0.6 is 23.2 Å². The van der Waals surface area contributed by atoms with E-state index >= 15 is 0 Å². The van der Waals surface area contributed by atoms with Gasteiger partial charge in [0.15, 0.2) is 0 Å². The van der Waals surface area contributed by atoms with Crippen molar-refractivity contribution in [1.82, 2.24) is 15.1 Å². The van der Waals surface area contributed by atoms with Gasteiger partial charge in [0.25, 0.3) is 5.91 Å². The van der Waals surface area contributed by atoms with Gasteiger partial charge in [-0.3, -0.25) is 9.48 Å². The van der Waals surface area contributed by atoms with Gasteiger partial charge in [-0.2, -0.15) is 5.10 Å². The first-order valence-electron chi connectivity index (χ1n) is 10.6. The molecule has 1 aliphatic heterocycles. The minimum atomic E-state index is -0.257. The third-order valence-corrected chi connectivity index (χ3v) is 6.24. The van der Waals surface area contributed by atoms with E-state index in [1.807, 2.05) is 22.9 Å². The Balaban J connectivity index is 1.65. The van der Waals surface area contributed by atoms with Crippen LogP contribution in [0.25, 0.3) is 11.3 Å². The van der Waals surface area contributed by atoms with Crippen LogP contribution in [0.2, 0.25) is 10.0 Å². The van der Waals surface area contributed by atoms with Crippen LogP contribution in [0.5, 0.6) is 11.5 Å². The van der Waals surface area contributed by atoms with Crippen LogP contribution in [0.1, 0.15) is 34.8 Å². The summed E-state index contributed by atoms with van der Waals surface area (Å²) in [5.74, 6) is 1.06. The highest BCUT2D eigenvalue weighted by molar-refractivity contribution is 6.36. The van der Waals surface area contributed by atoms with Gasteiger partial charge in [-0.1, -0.05) is 23.2 Å². The topological polar surface area (TPSA) is 74.6 Å². The highest BCUT2D eigenvalue weighted by Gasteiger charge is 2.26. The van der Waals surface area contributed by atoms with Crippen molar-refractivity contribution >= 4 is 29.1 Å². The molecule has 1 N–H and O–H groups in total. The van der Waals surface area contributed by atoms with Gasteiger partial charge in [0.05, 0.1) is 42.7 Å². The molecule has 0 spiro atoms. The Morgan fingerprint density at radius 2 is 1.94 bits per heavy atom. The Hall–Kier alpha value is -2.74. The maximum atomic E-state index is 13.3. The molecule has 1 fully saturated rings. The number of rotatable bonds is 7. The Bertz CT molecular complexity index is 1140. The number of benzene rings is 2. The molecular weight excluding hydrogens is 465 g/mol. The minimum Gasteiger partial charge on any atom is -0.497 e. The lowest BCUT2D eigenvalue weighted by Gasteiger charge is -2.25.